The summed E-state index contributed by atoms with van der Waals surface area (Å²) >= 11 is 5.27. The Morgan fingerprint density at radius 1 is 1.05 bits per heavy atom. The van der Waals surface area contributed by atoms with Gasteiger partial charge in [0.25, 0.3) is 0 Å². The lowest BCUT2D eigenvalue weighted by Crippen LogP contribution is -1.99. The molecular formula is C16H17BrOS. The van der Waals surface area contributed by atoms with Crippen LogP contribution < -0.4 is 4.74 Å². The Morgan fingerprint density at radius 2 is 1.89 bits per heavy atom. The molecule has 0 saturated carbocycles. The third-order valence-corrected chi connectivity index (χ3v) is 4.35. The molecule has 2 aromatic rings. The minimum atomic E-state index is 0.716. The number of thioether (sulfide) groups is 1. The smallest absolute Gasteiger partial charge is 0.120 e. The normalized spacial score (nSPS) is 10.5. The van der Waals surface area contributed by atoms with Gasteiger partial charge in [0, 0.05) is 15.1 Å². The van der Waals surface area contributed by atoms with E-state index in [1.54, 1.807) is 0 Å². The van der Waals surface area contributed by atoms with Crippen LogP contribution in [0.3, 0.4) is 0 Å². The van der Waals surface area contributed by atoms with Crippen molar-refractivity contribution in [2.75, 3.05) is 12.4 Å². The fourth-order valence-electron chi connectivity index (χ4n) is 1.68. The molecule has 0 amide bonds. The Kier molecular flexibility index (Phi) is 5.34. The molecule has 2 aromatic carbocycles. The molecule has 0 fully saturated rings. The zero-order valence-corrected chi connectivity index (χ0v) is 13.6. The lowest BCUT2D eigenvalue weighted by atomic mass is 10.1. The molecule has 0 unspecified atom stereocenters. The van der Waals surface area contributed by atoms with Crippen LogP contribution in [0.4, 0.5) is 0 Å². The standard InChI is InChI=1S/C16H17BrOS/c1-12-6-7-16(10-13(12)2)19-9-8-18-15-5-3-4-14(17)11-15/h3-7,10-11H,8-9H2,1-2H3. The fourth-order valence-corrected chi connectivity index (χ4v) is 2.88. The molecule has 0 aliphatic rings. The van der Waals surface area contributed by atoms with Gasteiger partial charge in [-0.1, -0.05) is 28.1 Å². The zero-order chi connectivity index (χ0) is 13.7. The first-order valence-corrected chi connectivity index (χ1v) is 8.01. The monoisotopic (exact) mass is 336 g/mol. The number of aryl methyl sites for hydroxylation is 2. The molecule has 3 heteroatoms. The van der Waals surface area contributed by atoms with E-state index >= 15 is 0 Å². The molecule has 0 aliphatic heterocycles. The minimum Gasteiger partial charge on any atom is -0.493 e. The number of rotatable bonds is 5. The molecule has 19 heavy (non-hydrogen) atoms. The summed E-state index contributed by atoms with van der Waals surface area (Å²) in [7, 11) is 0. The molecule has 0 bridgehead atoms. The lowest BCUT2D eigenvalue weighted by molar-refractivity contribution is 0.344. The fraction of sp³-hybridized carbons (Fsp3) is 0.250. The summed E-state index contributed by atoms with van der Waals surface area (Å²) in [5.74, 6) is 1.87. The number of benzene rings is 2. The second-order valence-electron chi connectivity index (χ2n) is 4.40. The molecule has 2 rings (SSSR count). The van der Waals surface area contributed by atoms with E-state index in [-0.39, 0.29) is 0 Å². The van der Waals surface area contributed by atoms with Gasteiger partial charge in [0.2, 0.25) is 0 Å². The Balaban J connectivity index is 1.79. The molecule has 1 nitrogen and oxygen atoms in total. The summed E-state index contributed by atoms with van der Waals surface area (Å²) in [6, 6.07) is 14.5. The van der Waals surface area contributed by atoms with Gasteiger partial charge >= 0.3 is 0 Å². The van der Waals surface area contributed by atoms with Crippen LogP contribution in [0.5, 0.6) is 5.75 Å². The predicted octanol–water partition coefficient (Wildman–Crippen LogP) is 5.24. The number of hydrogen-bond donors (Lipinski definition) is 0. The highest BCUT2D eigenvalue weighted by Gasteiger charge is 1.99. The van der Waals surface area contributed by atoms with E-state index in [0.717, 1.165) is 16.0 Å². The first kappa shape index (κ1) is 14.5. The van der Waals surface area contributed by atoms with Crippen LogP contribution in [0.15, 0.2) is 51.8 Å². The van der Waals surface area contributed by atoms with Gasteiger partial charge in [-0.15, -0.1) is 11.8 Å². The van der Waals surface area contributed by atoms with Crippen LogP contribution in [0, 0.1) is 13.8 Å². The maximum absolute atomic E-state index is 5.71. The highest BCUT2D eigenvalue weighted by molar-refractivity contribution is 9.10. The average molecular weight is 337 g/mol. The van der Waals surface area contributed by atoms with E-state index < -0.39 is 0 Å². The van der Waals surface area contributed by atoms with Crippen molar-refractivity contribution >= 4 is 27.7 Å². The summed E-state index contributed by atoms with van der Waals surface area (Å²) in [6.07, 6.45) is 0. The van der Waals surface area contributed by atoms with Crippen molar-refractivity contribution in [2.24, 2.45) is 0 Å². The summed E-state index contributed by atoms with van der Waals surface area (Å²) < 4.78 is 6.76. The molecular weight excluding hydrogens is 320 g/mol. The van der Waals surface area contributed by atoms with Crippen molar-refractivity contribution in [3.8, 4) is 5.75 Å². The minimum absolute atomic E-state index is 0.716. The van der Waals surface area contributed by atoms with Crippen molar-refractivity contribution in [3.05, 3.63) is 58.1 Å². The van der Waals surface area contributed by atoms with Crippen LogP contribution in [0.2, 0.25) is 0 Å². The van der Waals surface area contributed by atoms with Crippen LogP contribution in [-0.2, 0) is 0 Å². The van der Waals surface area contributed by atoms with E-state index in [4.69, 9.17) is 4.74 Å². The van der Waals surface area contributed by atoms with Crippen LogP contribution in [-0.4, -0.2) is 12.4 Å². The second kappa shape index (κ2) is 7.01. The van der Waals surface area contributed by atoms with E-state index in [0.29, 0.717) is 6.61 Å². The quantitative estimate of drug-likeness (QED) is 0.545. The summed E-state index contributed by atoms with van der Waals surface area (Å²) in [4.78, 5) is 1.31. The summed E-state index contributed by atoms with van der Waals surface area (Å²) in [5, 5.41) is 0. The molecule has 0 heterocycles. The zero-order valence-electron chi connectivity index (χ0n) is 11.2. The SMILES string of the molecule is Cc1ccc(SCCOc2cccc(Br)c2)cc1C. The Hall–Kier alpha value is -0.930. The molecule has 0 radical (unpaired) electrons. The third-order valence-electron chi connectivity index (χ3n) is 2.90. The van der Waals surface area contributed by atoms with Gasteiger partial charge in [-0.2, -0.15) is 0 Å². The molecule has 0 aromatic heterocycles. The molecule has 0 saturated heterocycles. The maximum Gasteiger partial charge on any atom is 0.120 e. The van der Waals surface area contributed by atoms with Gasteiger partial charge in [-0.25, -0.2) is 0 Å². The second-order valence-corrected chi connectivity index (χ2v) is 6.48. The van der Waals surface area contributed by atoms with E-state index in [1.165, 1.54) is 16.0 Å². The van der Waals surface area contributed by atoms with Gasteiger partial charge in [0.1, 0.15) is 5.75 Å². The molecule has 0 aliphatic carbocycles. The first-order valence-electron chi connectivity index (χ1n) is 6.23. The van der Waals surface area contributed by atoms with E-state index in [2.05, 4.69) is 48.0 Å². The van der Waals surface area contributed by atoms with Gasteiger partial charge in [-0.3, -0.25) is 0 Å². The van der Waals surface area contributed by atoms with Crippen molar-refractivity contribution < 1.29 is 4.74 Å². The van der Waals surface area contributed by atoms with Gasteiger partial charge < -0.3 is 4.74 Å². The lowest BCUT2D eigenvalue weighted by Gasteiger charge is -2.07. The number of hydrogen-bond acceptors (Lipinski definition) is 2. The average Bonchev–Trinajstić information content (AvgIpc) is 2.39. The number of ether oxygens (including phenoxy) is 1. The Morgan fingerprint density at radius 3 is 2.63 bits per heavy atom. The van der Waals surface area contributed by atoms with Crippen molar-refractivity contribution in [2.45, 2.75) is 18.7 Å². The Labute approximate surface area is 127 Å². The summed E-state index contributed by atoms with van der Waals surface area (Å²) in [5.41, 5.74) is 2.69. The highest BCUT2D eigenvalue weighted by atomic mass is 79.9. The predicted molar refractivity (Wildman–Crippen MR) is 86.3 cm³/mol. The topological polar surface area (TPSA) is 9.23 Å². The maximum atomic E-state index is 5.71. The first-order chi connectivity index (χ1) is 9.15. The van der Waals surface area contributed by atoms with Crippen LogP contribution >= 0.6 is 27.7 Å². The molecule has 0 atom stereocenters. The van der Waals surface area contributed by atoms with Crippen LogP contribution in [0.25, 0.3) is 0 Å². The van der Waals surface area contributed by atoms with Crippen molar-refractivity contribution in [3.63, 3.8) is 0 Å². The Bertz CT molecular complexity index is 554. The van der Waals surface area contributed by atoms with E-state index in [9.17, 15) is 0 Å². The molecule has 0 N–H and O–H groups in total. The summed E-state index contributed by atoms with van der Waals surface area (Å²) in [6.45, 7) is 5.01. The molecule has 100 valence electrons. The van der Waals surface area contributed by atoms with Crippen LogP contribution in [0.1, 0.15) is 11.1 Å². The van der Waals surface area contributed by atoms with Gasteiger partial charge in [-0.05, 0) is 55.3 Å². The molecule has 0 spiro atoms. The van der Waals surface area contributed by atoms with Gasteiger partial charge in [0.05, 0.1) is 6.61 Å². The van der Waals surface area contributed by atoms with Crippen molar-refractivity contribution in [1.29, 1.82) is 0 Å². The highest BCUT2D eigenvalue weighted by Crippen LogP contribution is 2.22. The van der Waals surface area contributed by atoms with Crippen molar-refractivity contribution in [1.82, 2.24) is 0 Å². The largest absolute Gasteiger partial charge is 0.493 e. The van der Waals surface area contributed by atoms with E-state index in [1.807, 2.05) is 36.0 Å². The van der Waals surface area contributed by atoms with Gasteiger partial charge in [0.15, 0.2) is 0 Å². The number of halogens is 1. The third kappa shape index (κ3) is 4.59.